The minimum Gasteiger partial charge on any atom is -0.481 e. The van der Waals surface area contributed by atoms with Gasteiger partial charge in [-0.15, -0.1) is 0 Å². The Morgan fingerprint density at radius 2 is 1.71 bits per heavy atom. The highest BCUT2D eigenvalue weighted by Crippen LogP contribution is 2.50. The molecule has 0 unspecified atom stereocenters. The van der Waals surface area contributed by atoms with Crippen molar-refractivity contribution in [3.63, 3.8) is 0 Å². The molecular weight excluding hydrogens is 357 g/mol. The van der Waals surface area contributed by atoms with Gasteiger partial charge in [0.2, 0.25) is 5.91 Å². The van der Waals surface area contributed by atoms with Crippen LogP contribution in [0.2, 0.25) is 0 Å². The van der Waals surface area contributed by atoms with E-state index in [-0.39, 0.29) is 12.5 Å². The van der Waals surface area contributed by atoms with Crippen molar-refractivity contribution in [1.82, 2.24) is 5.32 Å². The minimum absolute atomic E-state index is 0.153. The van der Waals surface area contributed by atoms with Crippen molar-refractivity contribution in [2.24, 2.45) is 0 Å². The maximum absolute atomic E-state index is 11.8. The zero-order valence-corrected chi connectivity index (χ0v) is 17.2. The third kappa shape index (κ3) is 3.73. The first kappa shape index (κ1) is 20.6. The molecular formula is C21H28BNO5. The van der Waals surface area contributed by atoms with E-state index in [2.05, 4.69) is 5.32 Å². The molecule has 1 saturated carbocycles. The van der Waals surface area contributed by atoms with Crippen molar-refractivity contribution in [1.29, 1.82) is 0 Å². The molecule has 0 radical (unpaired) electrons. The Morgan fingerprint density at radius 1 is 1.14 bits per heavy atom. The van der Waals surface area contributed by atoms with E-state index in [0.717, 1.165) is 16.6 Å². The second kappa shape index (κ2) is 7.05. The predicted octanol–water partition coefficient (Wildman–Crippen LogP) is 2.95. The van der Waals surface area contributed by atoms with Gasteiger partial charge in [0, 0.05) is 13.5 Å². The predicted molar refractivity (Wildman–Crippen MR) is 108 cm³/mol. The number of carboxylic acid groups (broad SMARTS) is 1. The Bertz CT molecular complexity index is 810. The molecule has 1 aromatic rings. The van der Waals surface area contributed by atoms with Gasteiger partial charge < -0.3 is 19.7 Å². The molecule has 1 heterocycles. The number of carbonyl (C=O) groups is 2. The fraction of sp³-hybridized carbons (Fsp3) is 0.524. The molecule has 1 aliphatic heterocycles. The topological polar surface area (TPSA) is 84.9 Å². The highest BCUT2D eigenvalue weighted by Gasteiger charge is 2.54. The highest BCUT2D eigenvalue weighted by atomic mass is 16.7. The largest absolute Gasteiger partial charge is 0.492 e. The molecule has 2 fully saturated rings. The van der Waals surface area contributed by atoms with Gasteiger partial charge in [-0.2, -0.15) is 0 Å². The summed E-state index contributed by atoms with van der Waals surface area (Å²) in [4.78, 5) is 23.3. The molecule has 1 aromatic carbocycles. The summed E-state index contributed by atoms with van der Waals surface area (Å²) in [5, 5.41) is 12.5. The summed E-state index contributed by atoms with van der Waals surface area (Å²) < 4.78 is 12.3. The van der Waals surface area contributed by atoms with E-state index in [9.17, 15) is 14.7 Å². The molecule has 0 spiro atoms. The zero-order valence-electron chi connectivity index (χ0n) is 17.2. The van der Waals surface area contributed by atoms with Crippen molar-refractivity contribution in [3.8, 4) is 0 Å². The second-order valence-electron chi connectivity index (χ2n) is 8.69. The van der Waals surface area contributed by atoms with E-state index < -0.39 is 29.7 Å². The Labute approximate surface area is 166 Å². The standard InChI is InChI=1S/C21H28BNO5/c1-14(24)23-13-16(22-27-19(2,3)20(4,5)28-22)12-15-8-6-7-9-17(15)21(10-11-21)18(25)26/h6-9,12H,10-11,13H2,1-5H3,(H,23,24)(H,25,26). The average Bonchev–Trinajstić information content (AvgIpc) is 3.35. The van der Waals surface area contributed by atoms with Gasteiger partial charge in [-0.05, 0) is 57.1 Å². The smallest absolute Gasteiger partial charge is 0.481 e. The van der Waals surface area contributed by atoms with Crippen LogP contribution < -0.4 is 5.32 Å². The Morgan fingerprint density at radius 3 is 2.21 bits per heavy atom. The quantitative estimate of drug-likeness (QED) is 0.736. The molecule has 0 aromatic heterocycles. The molecule has 2 aliphatic rings. The second-order valence-corrected chi connectivity index (χ2v) is 8.69. The number of amides is 1. The van der Waals surface area contributed by atoms with E-state index in [4.69, 9.17) is 9.31 Å². The molecule has 2 N–H and O–H groups in total. The van der Waals surface area contributed by atoms with Crippen LogP contribution in [0, 0.1) is 0 Å². The molecule has 0 atom stereocenters. The third-order valence-corrected chi connectivity index (χ3v) is 6.07. The summed E-state index contributed by atoms with van der Waals surface area (Å²) in [6, 6.07) is 7.51. The van der Waals surface area contributed by atoms with Gasteiger partial charge in [0.1, 0.15) is 0 Å². The van der Waals surface area contributed by atoms with Crippen LogP contribution in [-0.4, -0.2) is 41.8 Å². The summed E-state index contributed by atoms with van der Waals surface area (Å²) in [5.41, 5.74) is 0.526. The molecule has 0 bridgehead atoms. The Kier molecular flexibility index (Phi) is 5.19. The van der Waals surface area contributed by atoms with Gasteiger partial charge in [-0.25, -0.2) is 0 Å². The first-order valence-corrected chi connectivity index (χ1v) is 9.62. The maximum Gasteiger partial charge on any atom is 0.492 e. The highest BCUT2D eigenvalue weighted by molar-refractivity contribution is 6.56. The summed E-state index contributed by atoms with van der Waals surface area (Å²) >= 11 is 0. The SMILES string of the molecule is CC(=O)NCC(=Cc1ccccc1C1(C(=O)O)CC1)B1OC(C)(C)C(C)(C)O1. The number of hydrogen-bond acceptors (Lipinski definition) is 4. The van der Waals surface area contributed by atoms with E-state index in [1.807, 2.05) is 58.0 Å². The van der Waals surface area contributed by atoms with Crippen LogP contribution in [0.4, 0.5) is 0 Å². The van der Waals surface area contributed by atoms with Crippen LogP contribution in [0.3, 0.4) is 0 Å². The van der Waals surface area contributed by atoms with E-state index in [1.54, 1.807) is 0 Å². The Hall–Kier alpha value is -2.12. The van der Waals surface area contributed by atoms with Gasteiger partial charge in [-0.1, -0.05) is 30.3 Å². The van der Waals surface area contributed by atoms with Gasteiger partial charge in [-0.3, -0.25) is 9.59 Å². The first-order valence-electron chi connectivity index (χ1n) is 9.62. The average molecular weight is 385 g/mol. The molecule has 6 nitrogen and oxygen atoms in total. The number of aliphatic carboxylic acids is 1. The third-order valence-electron chi connectivity index (χ3n) is 6.07. The van der Waals surface area contributed by atoms with Gasteiger partial charge in [0.05, 0.1) is 16.6 Å². The molecule has 28 heavy (non-hydrogen) atoms. The minimum atomic E-state index is -0.817. The van der Waals surface area contributed by atoms with Gasteiger partial charge in [0.25, 0.3) is 0 Å². The van der Waals surface area contributed by atoms with Gasteiger partial charge in [0.15, 0.2) is 0 Å². The van der Waals surface area contributed by atoms with Crippen molar-refractivity contribution in [3.05, 3.63) is 40.9 Å². The van der Waals surface area contributed by atoms with Crippen molar-refractivity contribution >= 4 is 25.1 Å². The molecule has 1 amide bonds. The summed E-state index contributed by atoms with van der Waals surface area (Å²) in [6.45, 7) is 9.61. The van der Waals surface area contributed by atoms with Crippen molar-refractivity contribution < 1.29 is 24.0 Å². The van der Waals surface area contributed by atoms with E-state index in [0.29, 0.717) is 12.8 Å². The first-order chi connectivity index (χ1) is 13.0. The lowest BCUT2D eigenvalue weighted by molar-refractivity contribution is -0.140. The Balaban J connectivity index is 2.00. The van der Waals surface area contributed by atoms with Crippen molar-refractivity contribution in [2.45, 2.75) is 64.1 Å². The fourth-order valence-corrected chi connectivity index (χ4v) is 3.41. The van der Waals surface area contributed by atoms with Crippen LogP contribution >= 0.6 is 0 Å². The summed E-state index contributed by atoms with van der Waals surface area (Å²) in [5.74, 6) is -0.952. The zero-order chi connectivity index (χ0) is 20.7. The summed E-state index contributed by atoms with van der Waals surface area (Å²) in [7, 11) is -0.620. The molecule has 1 saturated heterocycles. The molecule has 1 aliphatic carbocycles. The molecule has 3 rings (SSSR count). The maximum atomic E-state index is 11.8. The molecule has 7 heteroatoms. The number of nitrogens with one attached hydrogen (secondary N) is 1. The van der Waals surface area contributed by atoms with E-state index >= 15 is 0 Å². The van der Waals surface area contributed by atoms with Crippen molar-refractivity contribution in [2.75, 3.05) is 6.54 Å². The number of carboxylic acids is 1. The monoisotopic (exact) mass is 385 g/mol. The lowest BCUT2D eigenvalue weighted by Crippen LogP contribution is -2.41. The number of carbonyl (C=O) groups excluding carboxylic acids is 1. The van der Waals surface area contributed by atoms with Crippen LogP contribution in [0.5, 0.6) is 0 Å². The number of rotatable bonds is 6. The number of hydrogen-bond donors (Lipinski definition) is 2. The van der Waals surface area contributed by atoms with Crippen LogP contribution in [0.15, 0.2) is 29.7 Å². The number of benzene rings is 1. The normalized spacial score (nSPS) is 22.0. The van der Waals surface area contributed by atoms with Crippen LogP contribution in [0.25, 0.3) is 6.08 Å². The van der Waals surface area contributed by atoms with Crippen LogP contribution in [0.1, 0.15) is 58.6 Å². The lowest BCUT2D eigenvalue weighted by atomic mass is 9.76. The van der Waals surface area contributed by atoms with E-state index in [1.165, 1.54) is 6.92 Å². The lowest BCUT2D eigenvalue weighted by Gasteiger charge is -2.32. The summed E-state index contributed by atoms with van der Waals surface area (Å²) in [6.07, 6.45) is 3.16. The fourth-order valence-electron chi connectivity index (χ4n) is 3.41. The molecule has 150 valence electrons. The van der Waals surface area contributed by atoms with Gasteiger partial charge >= 0.3 is 13.1 Å². The van der Waals surface area contributed by atoms with Crippen LogP contribution in [-0.2, 0) is 24.3 Å².